The van der Waals surface area contributed by atoms with Crippen molar-refractivity contribution in [2.75, 3.05) is 13.2 Å². The van der Waals surface area contributed by atoms with Gasteiger partial charge in [-0.2, -0.15) is 0 Å². The van der Waals surface area contributed by atoms with Gasteiger partial charge in [0, 0.05) is 19.3 Å². The molecule has 6 nitrogen and oxygen atoms in total. The predicted octanol–water partition coefficient (Wildman–Crippen LogP) is 20.0. The largest absolute Gasteiger partial charge is 0.462 e. The molecular formula is C61H118O6. The lowest BCUT2D eigenvalue weighted by molar-refractivity contribution is -0.167. The maximum atomic E-state index is 12.9. The molecule has 0 spiro atoms. The molecule has 0 aromatic carbocycles. The van der Waals surface area contributed by atoms with Crippen LogP contribution in [-0.2, 0) is 28.6 Å². The van der Waals surface area contributed by atoms with E-state index in [4.69, 9.17) is 14.2 Å². The lowest BCUT2D eigenvalue weighted by Gasteiger charge is -2.18. The molecule has 0 amide bonds. The molecule has 67 heavy (non-hydrogen) atoms. The standard InChI is InChI=1S/C61H118O6/c1-6-7-8-9-10-11-12-13-16-21-28-33-38-43-48-53-61(64)67-58(55-66-60(63)52-47-42-37-32-27-23-22-25-30-35-40-45-50-57(4)5)54-65-59(62)51-46-41-36-31-26-20-18-15-14-17-19-24-29-34-39-44-49-56(2)3/h56-58H,6-55H2,1-5H3/t58-/m1/s1. The fourth-order valence-electron chi connectivity index (χ4n) is 9.40. The molecule has 0 aliphatic rings. The van der Waals surface area contributed by atoms with Crippen LogP contribution in [0.2, 0.25) is 0 Å². The molecule has 0 aromatic heterocycles. The van der Waals surface area contributed by atoms with Crippen LogP contribution < -0.4 is 0 Å². The van der Waals surface area contributed by atoms with Crippen LogP contribution in [0, 0.1) is 11.8 Å². The second-order valence-electron chi connectivity index (χ2n) is 21.9. The van der Waals surface area contributed by atoms with Crippen molar-refractivity contribution in [2.24, 2.45) is 11.8 Å². The van der Waals surface area contributed by atoms with Gasteiger partial charge in [-0.15, -0.1) is 0 Å². The van der Waals surface area contributed by atoms with Gasteiger partial charge in [0.2, 0.25) is 0 Å². The van der Waals surface area contributed by atoms with Gasteiger partial charge in [-0.1, -0.05) is 304 Å². The number of rotatable bonds is 55. The summed E-state index contributed by atoms with van der Waals surface area (Å²) in [6, 6.07) is 0. The van der Waals surface area contributed by atoms with Gasteiger partial charge in [0.05, 0.1) is 0 Å². The summed E-state index contributed by atoms with van der Waals surface area (Å²) in [5.41, 5.74) is 0. The van der Waals surface area contributed by atoms with Crippen molar-refractivity contribution in [3.8, 4) is 0 Å². The molecule has 0 saturated carbocycles. The van der Waals surface area contributed by atoms with Gasteiger partial charge in [0.25, 0.3) is 0 Å². The number of esters is 3. The third kappa shape index (κ3) is 55.2. The highest BCUT2D eigenvalue weighted by molar-refractivity contribution is 5.71. The topological polar surface area (TPSA) is 78.9 Å². The summed E-state index contributed by atoms with van der Waals surface area (Å²) >= 11 is 0. The lowest BCUT2D eigenvalue weighted by Crippen LogP contribution is -2.30. The third-order valence-electron chi connectivity index (χ3n) is 14.0. The Labute approximate surface area is 418 Å². The summed E-state index contributed by atoms with van der Waals surface area (Å²) in [7, 11) is 0. The van der Waals surface area contributed by atoms with Crippen LogP contribution >= 0.6 is 0 Å². The minimum atomic E-state index is -0.763. The number of unbranched alkanes of at least 4 members (excludes halogenated alkanes) is 40. The molecule has 0 unspecified atom stereocenters. The summed E-state index contributed by atoms with van der Waals surface area (Å²) < 4.78 is 16.9. The van der Waals surface area contributed by atoms with Gasteiger partial charge in [-0.25, -0.2) is 0 Å². The average Bonchev–Trinajstić information content (AvgIpc) is 3.30. The minimum Gasteiger partial charge on any atom is -0.462 e. The van der Waals surface area contributed by atoms with Gasteiger partial charge < -0.3 is 14.2 Å². The first-order valence-electron chi connectivity index (χ1n) is 30.2. The van der Waals surface area contributed by atoms with Gasteiger partial charge in [-0.05, 0) is 31.1 Å². The van der Waals surface area contributed by atoms with E-state index in [0.29, 0.717) is 19.3 Å². The van der Waals surface area contributed by atoms with Crippen molar-refractivity contribution in [1.82, 2.24) is 0 Å². The summed E-state index contributed by atoms with van der Waals surface area (Å²) in [4.78, 5) is 38.2. The summed E-state index contributed by atoms with van der Waals surface area (Å²) in [6.07, 6.45) is 58.1. The van der Waals surface area contributed by atoms with Crippen molar-refractivity contribution in [3.05, 3.63) is 0 Å². The molecule has 1 atom stereocenters. The van der Waals surface area contributed by atoms with E-state index in [1.165, 1.54) is 231 Å². The Morgan fingerprint density at radius 1 is 0.284 bits per heavy atom. The van der Waals surface area contributed by atoms with E-state index in [-0.39, 0.29) is 31.1 Å². The van der Waals surface area contributed by atoms with E-state index < -0.39 is 6.10 Å². The zero-order valence-electron chi connectivity index (χ0n) is 46.0. The molecule has 0 N–H and O–H groups in total. The smallest absolute Gasteiger partial charge is 0.306 e. The van der Waals surface area contributed by atoms with Crippen LogP contribution in [0.15, 0.2) is 0 Å². The van der Waals surface area contributed by atoms with Crippen molar-refractivity contribution in [2.45, 2.75) is 349 Å². The summed E-state index contributed by atoms with van der Waals surface area (Å²) in [6.45, 7) is 11.4. The monoisotopic (exact) mass is 947 g/mol. The Hall–Kier alpha value is -1.59. The highest BCUT2D eigenvalue weighted by atomic mass is 16.6. The maximum absolute atomic E-state index is 12.9. The fourth-order valence-corrected chi connectivity index (χ4v) is 9.40. The quantitative estimate of drug-likeness (QED) is 0.0343. The molecule has 398 valence electrons. The molecule has 0 bridgehead atoms. The SMILES string of the molecule is CCCCCCCCCCCCCCCCCC(=O)O[C@H](COC(=O)CCCCCCCCCCCCCCCCCCC(C)C)COC(=O)CCCCCCCCCCCCCCC(C)C. The van der Waals surface area contributed by atoms with Crippen LogP contribution in [0.4, 0.5) is 0 Å². The Balaban J connectivity index is 4.28. The first kappa shape index (κ1) is 65.4. The van der Waals surface area contributed by atoms with Crippen LogP contribution in [-0.4, -0.2) is 37.2 Å². The summed E-state index contributed by atoms with van der Waals surface area (Å²) in [5.74, 6) is 0.852. The maximum Gasteiger partial charge on any atom is 0.306 e. The fraction of sp³-hybridized carbons (Fsp3) is 0.951. The van der Waals surface area contributed by atoms with Crippen molar-refractivity contribution in [3.63, 3.8) is 0 Å². The molecule has 6 heteroatoms. The predicted molar refractivity (Wildman–Crippen MR) is 289 cm³/mol. The Morgan fingerprint density at radius 3 is 0.731 bits per heavy atom. The second kappa shape index (κ2) is 53.8. The van der Waals surface area contributed by atoms with Gasteiger partial charge >= 0.3 is 17.9 Å². The van der Waals surface area contributed by atoms with E-state index in [1.54, 1.807) is 0 Å². The normalized spacial score (nSPS) is 12.0. The van der Waals surface area contributed by atoms with Gasteiger partial charge in [0.1, 0.15) is 13.2 Å². The number of carbonyl (C=O) groups is 3. The molecule has 0 fully saturated rings. The van der Waals surface area contributed by atoms with Crippen LogP contribution in [0.1, 0.15) is 343 Å². The first-order chi connectivity index (χ1) is 32.7. The van der Waals surface area contributed by atoms with Crippen molar-refractivity contribution >= 4 is 17.9 Å². The number of carbonyl (C=O) groups excluding carboxylic acids is 3. The second-order valence-corrected chi connectivity index (χ2v) is 21.9. The lowest BCUT2D eigenvalue weighted by atomic mass is 10.0. The molecule has 0 saturated heterocycles. The Kier molecular flexibility index (Phi) is 52.5. The summed E-state index contributed by atoms with van der Waals surface area (Å²) in [5, 5.41) is 0. The molecule has 0 heterocycles. The Morgan fingerprint density at radius 2 is 0.493 bits per heavy atom. The van der Waals surface area contributed by atoms with E-state index in [0.717, 1.165) is 69.6 Å². The zero-order chi connectivity index (χ0) is 48.9. The number of hydrogen-bond acceptors (Lipinski definition) is 6. The van der Waals surface area contributed by atoms with Crippen LogP contribution in [0.25, 0.3) is 0 Å². The van der Waals surface area contributed by atoms with Crippen molar-refractivity contribution in [1.29, 1.82) is 0 Å². The highest BCUT2D eigenvalue weighted by Crippen LogP contribution is 2.18. The zero-order valence-corrected chi connectivity index (χ0v) is 46.0. The highest BCUT2D eigenvalue weighted by Gasteiger charge is 2.19. The number of ether oxygens (including phenoxy) is 3. The van der Waals surface area contributed by atoms with E-state index >= 15 is 0 Å². The minimum absolute atomic E-state index is 0.0622. The van der Waals surface area contributed by atoms with Crippen molar-refractivity contribution < 1.29 is 28.6 Å². The third-order valence-corrected chi connectivity index (χ3v) is 14.0. The van der Waals surface area contributed by atoms with Crippen LogP contribution in [0.5, 0.6) is 0 Å². The first-order valence-corrected chi connectivity index (χ1v) is 30.2. The average molecular weight is 948 g/mol. The molecular weight excluding hydrogens is 829 g/mol. The molecule has 0 radical (unpaired) electrons. The van der Waals surface area contributed by atoms with Gasteiger partial charge in [0.15, 0.2) is 6.10 Å². The molecule has 0 aliphatic heterocycles. The molecule has 0 rings (SSSR count). The molecule has 0 aliphatic carbocycles. The van der Waals surface area contributed by atoms with E-state index in [9.17, 15) is 14.4 Å². The van der Waals surface area contributed by atoms with Gasteiger partial charge in [-0.3, -0.25) is 14.4 Å². The van der Waals surface area contributed by atoms with E-state index in [2.05, 4.69) is 34.6 Å². The Bertz CT molecular complexity index is 1020. The molecule has 0 aromatic rings. The van der Waals surface area contributed by atoms with E-state index in [1.807, 2.05) is 0 Å². The number of hydrogen-bond donors (Lipinski definition) is 0. The van der Waals surface area contributed by atoms with Crippen LogP contribution in [0.3, 0.4) is 0 Å².